The molecule has 1 heteroatoms. The van der Waals surface area contributed by atoms with Gasteiger partial charge >= 0.3 is 0 Å². The van der Waals surface area contributed by atoms with Gasteiger partial charge in [0.25, 0.3) is 0 Å². The summed E-state index contributed by atoms with van der Waals surface area (Å²) in [5, 5.41) is 9.37. The molecule has 0 spiro atoms. The first-order valence-electron chi connectivity index (χ1n) is 13.8. The van der Waals surface area contributed by atoms with E-state index in [2.05, 4.69) is 20.8 Å². The molecule has 0 aromatic carbocycles. The summed E-state index contributed by atoms with van der Waals surface area (Å²) in [4.78, 5) is 0. The zero-order valence-corrected chi connectivity index (χ0v) is 20.1. The number of hydrogen-bond donors (Lipinski definition) is 1. The van der Waals surface area contributed by atoms with Crippen molar-refractivity contribution in [1.82, 2.24) is 0 Å². The molecule has 1 nitrogen and oxygen atoms in total. The fraction of sp³-hybridized carbons (Fsp3) is 1.00. The van der Waals surface area contributed by atoms with Crippen molar-refractivity contribution in [3.63, 3.8) is 0 Å². The van der Waals surface area contributed by atoms with Crippen LogP contribution >= 0.6 is 0 Å². The highest BCUT2D eigenvalue weighted by Gasteiger charge is 2.40. The summed E-state index contributed by atoms with van der Waals surface area (Å²) in [5.74, 6) is 7.88. The summed E-state index contributed by atoms with van der Waals surface area (Å²) in [6, 6.07) is 0. The van der Waals surface area contributed by atoms with Gasteiger partial charge in [-0.15, -0.1) is 0 Å². The van der Waals surface area contributed by atoms with Crippen LogP contribution in [0.15, 0.2) is 0 Å². The molecule has 0 aromatic rings. The maximum atomic E-state index is 9.37. The molecule has 3 aliphatic carbocycles. The van der Waals surface area contributed by atoms with Gasteiger partial charge in [-0.3, -0.25) is 0 Å². The van der Waals surface area contributed by atoms with Crippen LogP contribution in [-0.4, -0.2) is 11.7 Å². The zero-order chi connectivity index (χ0) is 20.6. The lowest BCUT2D eigenvalue weighted by atomic mass is 9.59. The number of aliphatic hydroxyl groups is 1. The second-order valence-corrected chi connectivity index (χ2v) is 11.4. The fourth-order valence-corrected chi connectivity index (χ4v) is 7.94. The Labute approximate surface area is 182 Å². The third-order valence-corrected chi connectivity index (χ3v) is 9.96. The predicted octanol–water partition coefficient (Wildman–Crippen LogP) is 8.25. The molecule has 0 bridgehead atoms. The van der Waals surface area contributed by atoms with Crippen LogP contribution in [0.3, 0.4) is 0 Å². The Morgan fingerprint density at radius 1 is 0.517 bits per heavy atom. The minimum Gasteiger partial charge on any atom is -0.396 e. The molecule has 0 radical (unpaired) electrons. The second-order valence-electron chi connectivity index (χ2n) is 11.4. The molecule has 29 heavy (non-hydrogen) atoms. The topological polar surface area (TPSA) is 20.2 Å². The summed E-state index contributed by atoms with van der Waals surface area (Å²) in [5.41, 5.74) is 0. The number of hydrogen-bond acceptors (Lipinski definition) is 1. The van der Waals surface area contributed by atoms with Gasteiger partial charge in [-0.25, -0.2) is 0 Å². The molecule has 6 unspecified atom stereocenters. The van der Waals surface area contributed by atoms with Crippen LogP contribution in [0.25, 0.3) is 0 Å². The van der Waals surface area contributed by atoms with E-state index in [9.17, 15) is 5.11 Å². The van der Waals surface area contributed by atoms with Crippen molar-refractivity contribution in [2.75, 3.05) is 6.61 Å². The Morgan fingerprint density at radius 2 is 0.966 bits per heavy atom. The van der Waals surface area contributed by atoms with E-state index in [4.69, 9.17) is 0 Å². The summed E-state index contributed by atoms with van der Waals surface area (Å²) in [6.45, 7) is 7.69. The van der Waals surface area contributed by atoms with Crippen molar-refractivity contribution in [1.29, 1.82) is 0 Å². The highest BCUT2D eigenvalue weighted by Crippen LogP contribution is 2.50. The molecular weight excluding hydrogens is 352 g/mol. The summed E-state index contributed by atoms with van der Waals surface area (Å²) >= 11 is 0. The van der Waals surface area contributed by atoms with Crippen LogP contribution in [0.2, 0.25) is 0 Å². The van der Waals surface area contributed by atoms with Crippen LogP contribution < -0.4 is 0 Å². The van der Waals surface area contributed by atoms with Crippen molar-refractivity contribution >= 4 is 0 Å². The largest absolute Gasteiger partial charge is 0.396 e. The first-order valence-corrected chi connectivity index (χ1v) is 13.8. The minimum atomic E-state index is 0.397. The molecule has 0 aromatic heterocycles. The molecule has 6 atom stereocenters. The van der Waals surface area contributed by atoms with Gasteiger partial charge in [0.2, 0.25) is 0 Å². The molecular formula is C28H52O. The van der Waals surface area contributed by atoms with Gasteiger partial charge in [0.15, 0.2) is 0 Å². The zero-order valence-electron chi connectivity index (χ0n) is 20.1. The lowest BCUT2D eigenvalue weighted by molar-refractivity contribution is 0.0351. The molecule has 0 aliphatic heterocycles. The molecule has 170 valence electrons. The molecule has 0 amide bonds. The maximum absolute atomic E-state index is 9.37. The van der Waals surface area contributed by atoms with E-state index in [-0.39, 0.29) is 0 Å². The van der Waals surface area contributed by atoms with Gasteiger partial charge in [0.05, 0.1) is 0 Å². The Bertz CT molecular complexity index is 438. The Kier molecular flexibility index (Phi) is 9.87. The van der Waals surface area contributed by atoms with Gasteiger partial charge in [-0.05, 0) is 79.4 Å². The number of aliphatic hydroxyl groups excluding tert-OH is 1. The first-order chi connectivity index (χ1) is 14.2. The van der Waals surface area contributed by atoms with E-state index < -0.39 is 0 Å². The van der Waals surface area contributed by atoms with Crippen molar-refractivity contribution in [2.45, 2.75) is 124 Å². The predicted molar refractivity (Wildman–Crippen MR) is 126 cm³/mol. The minimum absolute atomic E-state index is 0.397. The number of rotatable bonds is 9. The monoisotopic (exact) mass is 404 g/mol. The average molecular weight is 405 g/mol. The van der Waals surface area contributed by atoms with E-state index >= 15 is 0 Å². The SMILES string of the molecule is CCC1CCC(CCC2CCC(C3CCC(CCO)CC3CC)C(CC)C2)CC1. The van der Waals surface area contributed by atoms with E-state index in [0.717, 1.165) is 53.8 Å². The van der Waals surface area contributed by atoms with Crippen molar-refractivity contribution < 1.29 is 5.11 Å². The van der Waals surface area contributed by atoms with Crippen LogP contribution in [0.1, 0.15) is 124 Å². The van der Waals surface area contributed by atoms with E-state index in [1.54, 1.807) is 6.42 Å². The van der Waals surface area contributed by atoms with Crippen molar-refractivity contribution in [3.05, 3.63) is 0 Å². The molecule has 1 N–H and O–H groups in total. The van der Waals surface area contributed by atoms with Crippen molar-refractivity contribution in [2.24, 2.45) is 47.3 Å². The highest BCUT2D eigenvalue weighted by molar-refractivity contribution is 4.90. The van der Waals surface area contributed by atoms with Gasteiger partial charge in [-0.2, -0.15) is 0 Å². The summed E-state index contributed by atoms with van der Waals surface area (Å²) in [7, 11) is 0. The normalized spacial score (nSPS) is 41.4. The smallest absolute Gasteiger partial charge is 0.0433 e. The summed E-state index contributed by atoms with van der Waals surface area (Å²) < 4.78 is 0. The average Bonchev–Trinajstić information content (AvgIpc) is 2.78. The quantitative estimate of drug-likeness (QED) is 0.410. The lowest BCUT2D eigenvalue weighted by Gasteiger charge is -2.46. The van der Waals surface area contributed by atoms with E-state index in [1.165, 1.54) is 89.9 Å². The maximum Gasteiger partial charge on any atom is 0.0433 e. The van der Waals surface area contributed by atoms with Crippen LogP contribution in [0.4, 0.5) is 0 Å². The third-order valence-electron chi connectivity index (χ3n) is 9.96. The van der Waals surface area contributed by atoms with Crippen LogP contribution in [0, 0.1) is 47.3 Å². The highest BCUT2D eigenvalue weighted by atomic mass is 16.3. The fourth-order valence-electron chi connectivity index (χ4n) is 7.94. The Balaban J connectivity index is 1.46. The molecule has 0 heterocycles. The summed E-state index contributed by atoms with van der Waals surface area (Å²) in [6.07, 6.45) is 23.2. The Hall–Kier alpha value is -0.0400. The van der Waals surface area contributed by atoms with E-state index in [1.807, 2.05) is 0 Å². The first kappa shape index (κ1) is 23.6. The molecule has 3 fully saturated rings. The van der Waals surface area contributed by atoms with Crippen LogP contribution in [0.5, 0.6) is 0 Å². The Morgan fingerprint density at radius 3 is 1.45 bits per heavy atom. The van der Waals surface area contributed by atoms with E-state index in [0.29, 0.717) is 6.61 Å². The van der Waals surface area contributed by atoms with Gasteiger partial charge < -0.3 is 5.11 Å². The standard InChI is InChI=1S/C28H52O/c1-4-21-7-9-22(10-8-21)11-12-23-13-15-27(25(5-2)19-23)28-16-14-24(17-18-29)20-26(28)6-3/h21-29H,4-20H2,1-3H3. The lowest BCUT2D eigenvalue weighted by Crippen LogP contribution is -2.37. The molecule has 3 saturated carbocycles. The second kappa shape index (κ2) is 12.1. The molecule has 3 aliphatic rings. The molecule has 3 rings (SSSR count). The molecule has 0 saturated heterocycles. The van der Waals surface area contributed by atoms with Crippen LogP contribution in [-0.2, 0) is 0 Å². The van der Waals surface area contributed by atoms with Crippen molar-refractivity contribution in [3.8, 4) is 0 Å². The van der Waals surface area contributed by atoms with Gasteiger partial charge in [0, 0.05) is 6.61 Å². The third kappa shape index (κ3) is 6.47. The van der Waals surface area contributed by atoms with Gasteiger partial charge in [-0.1, -0.05) is 91.4 Å². The van der Waals surface area contributed by atoms with Gasteiger partial charge in [0.1, 0.15) is 0 Å².